The Bertz CT molecular complexity index is 294. The van der Waals surface area contributed by atoms with Gasteiger partial charge in [-0.3, -0.25) is 4.79 Å². The van der Waals surface area contributed by atoms with E-state index in [9.17, 15) is 9.59 Å². The molecule has 1 aliphatic heterocycles. The van der Waals surface area contributed by atoms with E-state index in [1.54, 1.807) is 4.90 Å². The van der Waals surface area contributed by atoms with Crippen molar-refractivity contribution in [1.82, 2.24) is 9.80 Å². The van der Waals surface area contributed by atoms with Gasteiger partial charge in [-0.15, -0.1) is 0 Å². The Morgan fingerprint density at radius 1 is 1.33 bits per heavy atom. The number of rotatable bonds is 5. The minimum atomic E-state index is -0.855. The second kappa shape index (κ2) is 7.24. The lowest BCUT2D eigenvalue weighted by Gasteiger charge is -2.38. The molecule has 0 aliphatic carbocycles. The highest BCUT2D eigenvalue weighted by Gasteiger charge is 2.28. The highest BCUT2D eigenvalue weighted by Crippen LogP contribution is 2.20. The van der Waals surface area contributed by atoms with Gasteiger partial charge in [0.05, 0.1) is 6.42 Å². The lowest BCUT2D eigenvalue weighted by atomic mass is 10.0. The van der Waals surface area contributed by atoms with Crippen LogP contribution in [0.5, 0.6) is 0 Å². The highest BCUT2D eigenvalue weighted by molar-refractivity contribution is 5.76. The Labute approximate surface area is 109 Å². The van der Waals surface area contributed by atoms with E-state index in [1.165, 1.54) is 6.42 Å². The van der Waals surface area contributed by atoms with Gasteiger partial charge >= 0.3 is 12.0 Å². The maximum atomic E-state index is 12.4. The molecule has 1 fully saturated rings. The first-order valence-electron chi connectivity index (χ1n) is 6.87. The van der Waals surface area contributed by atoms with Gasteiger partial charge < -0.3 is 14.9 Å². The van der Waals surface area contributed by atoms with Crippen LogP contribution in [0.25, 0.3) is 0 Å². The lowest BCUT2D eigenvalue weighted by Crippen LogP contribution is -2.50. The van der Waals surface area contributed by atoms with Crippen molar-refractivity contribution in [1.29, 1.82) is 0 Å². The Hall–Kier alpha value is -1.26. The molecule has 1 N–H and O–H groups in total. The van der Waals surface area contributed by atoms with Gasteiger partial charge in [0.25, 0.3) is 0 Å². The topological polar surface area (TPSA) is 60.9 Å². The summed E-state index contributed by atoms with van der Waals surface area (Å²) >= 11 is 0. The van der Waals surface area contributed by atoms with Crippen LogP contribution in [-0.4, -0.2) is 52.6 Å². The molecule has 1 rings (SSSR count). The Balaban J connectivity index is 2.60. The lowest BCUT2D eigenvalue weighted by molar-refractivity contribution is -0.137. The molecule has 1 unspecified atom stereocenters. The first kappa shape index (κ1) is 14.8. The Morgan fingerprint density at radius 2 is 2.06 bits per heavy atom. The van der Waals surface area contributed by atoms with Gasteiger partial charge in [-0.05, 0) is 32.6 Å². The number of piperidine rings is 1. The molecule has 1 atom stereocenters. The van der Waals surface area contributed by atoms with Crippen LogP contribution >= 0.6 is 0 Å². The van der Waals surface area contributed by atoms with Crippen molar-refractivity contribution in [3.63, 3.8) is 0 Å². The summed E-state index contributed by atoms with van der Waals surface area (Å²) in [4.78, 5) is 26.5. The number of carboxylic acid groups (broad SMARTS) is 1. The minimum Gasteiger partial charge on any atom is -0.481 e. The SMILES string of the molecule is CCC1CCCCN1C(=O)N(CC)CCC(=O)O. The minimum absolute atomic E-state index is 0.00491. The monoisotopic (exact) mass is 256 g/mol. The van der Waals surface area contributed by atoms with Crippen LogP contribution in [0.1, 0.15) is 46.0 Å². The summed E-state index contributed by atoms with van der Waals surface area (Å²) in [5, 5.41) is 8.70. The number of hydrogen-bond donors (Lipinski definition) is 1. The fourth-order valence-electron chi connectivity index (χ4n) is 2.48. The fourth-order valence-corrected chi connectivity index (χ4v) is 2.48. The molecule has 0 aromatic carbocycles. The predicted molar refractivity (Wildman–Crippen MR) is 69.5 cm³/mol. The normalized spacial score (nSPS) is 19.7. The molecule has 0 radical (unpaired) electrons. The quantitative estimate of drug-likeness (QED) is 0.820. The van der Waals surface area contributed by atoms with Gasteiger partial charge in [-0.1, -0.05) is 6.92 Å². The predicted octanol–water partition coefficient (Wildman–Crippen LogP) is 2.17. The molecule has 0 bridgehead atoms. The van der Waals surface area contributed by atoms with Crippen LogP contribution < -0.4 is 0 Å². The summed E-state index contributed by atoms with van der Waals surface area (Å²) in [5.74, 6) is -0.855. The van der Waals surface area contributed by atoms with E-state index in [-0.39, 0.29) is 12.5 Å². The van der Waals surface area contributed by atoms with Crippen LogP contribution in [0.15, 0.2) is 0 Å². The molecule has 1 aliphatic rings. The molecule has 0 spiro atoms. The van der Waals surface area contributed by atoms with Crippen molar-refractivity contribution >= 4 is 12.0 Å². The molecular weight excluding hydrogens is 232 g/mol. The van der Waals surface area contributed by atoms with E-state index in [0.717, 1.165) is 25.8 Å². The first-order chi connectivity index (χ1) is 8.60. The zero-order chi connectivity index (χ0) is 13.5. The molecule has 5 nitrogen and oxygen atoms in total. The fraction of sp³-hybridized carbons (Fsp3) is 0.846. The summed E-state index contributed by atoms with van der Waals surface area (Å²) in [6.07, 6.45) is 4.30. The molecular formula is C13H24N2O3. The Morgan fingerprint density at radius 3 is 2.61 bits per heavy atom. The smallest absolute Gasteiger partial charge is 0.320 e. The average molecular weight is 256 g/mol. The second-order valence-electron chi connectivity index (χ2n) is 4.76. The highest BCUT2D eigenvalue weighted by atomic mass is 16.4. The van der Waals surface area contributed by atoms with E-state index < -0.39 is 5.97 Å². The van der Waals surface area contributed by atoms with Crippen molar-refractivity contribution in [3.05, 3.63) is 0 Å². The zero-order valence-electron chi connectivity index (χ0n) is 11.4. The van der Waals surface area contributed by atoms with Crippen molar-refractivity contribution in [3.8, 4) is 0 Å². The average Bonchev–Trinajstić information content (AvgIpc) is 2.38. The Kier molecular flexibility index (Phi) is 5.95. The molecule has 5 heteroatoms. The maximum Gasteiger partial charge on any atom is 0.320 e. The number of carbonyl (C=O) groups is 2. The molecule has 0 aromatic heterocycles. The van der Waals surface area contributed by atoms with Crippen molar-refractivity contribution in [2.45, 2.75) is 52.0 Å². The number of carboxylic acids is 1. The number of likely N-dealkylation sites (tertiary alicyclic amines) is 1. The third-order valence-corrected chi connectivity index (χ3v) is 3.59. The van der Waals surface area contributed by atoms with E-state index in [2.05, 4.69) is 6.92 Å². The van der Waals surface area contributed by atoms with Crippen LogP contribution in [0, 0.1) is 0 Å². The second-order valence-corrected chi connectivity index (χ2v) is 4.76. The summed E-state index contributed by atoms with van der Waals surface area (Å²) in [6.45, 7) is 5.67. The molecule has 0 aromatic rings. The molecule has 1 heterocycles. The van der Waals surface area contributed by atoms with E-state index in [1.807, 2.05) is 11.8 Å². The van der Waals surface area contributed by atoms with Crippen LogP contribution in [0.4, 0.5) is 4.79 Å². The van der Waals surface area contributed by atoms with Crippen LogP contribution in [0.2, 0.25) is 0 Å². The molecule has 1 saturated heterocycles. The van der Waals surface area contributed by atoms with Gasteiger partial charge in [0.15, 0.2) is 0 Å². The van der Waals surface area contributed by atoms with Crippen LogP contribution in [0.3, 0.4) is 0 Å². The third-order valence-electron chi connectivity index (χ3n) is 3.59. The number of carbonyl (C=O) groups excluding carboxylic acids is 1. The summed E-state index contributed by atoms with van der Waals surface area (Å²) in [7, 11) is 0. The first-order valence-corrected chi connectivity index (χ1v) is 6.87. The van der Waals surface area contributed by atoms with Crippen LogP contribution in [-0.2, 0) is 4.79 Å². The molecule has 18 heavy (non-hydrogen) atoms. The number of aliphatic carboxylic acids is 1. The van der Waals surface area contributed by atoms with E-state index in [4.69, 9.17) is 5.11 Å². The molecule has 0 saturated carbocycles. The standard InChI is InChI=1S/C13H24N2O3/c1-3-11-7-5-6-9-15(11)13(18)14(4-2)10-8-12(16)17/h11H,3-10H2,1-2H3,(H,16,17). The van der Waals surface area contributed by atoms with Crippen molar-refractivity contribution in [2.75, 3.05) is 19.6 Å². The molecule has 2 amide bonds. The van der Waals surface area contributed by atoms with Gasteiger partial charge in [0.2, 0.25) is 0 Å². The number of hydrogen-bond acceptors (Lipinski definition) is 2. The summed E-state index contributed by atoms with van der Waals surface area (Å²) in [5.41, 5.74) is 0. The van der Waals surface area contributed by atoms with E-state index >= 15 is 0 Å². The largest absolute Gasteiger partial charge is 0.481 e. The van der Waals surface area contributed by atoms with Gasteiger partial charge in [-0.2, -0.15) is 0 Å². The summed E-state index contributed by atoms with van der Waals surface area (Å²) in [6, 6.07) is 0.329. The molecule has 104 valence electrons. The number of nitrogens with zero attached hydrogens (tertiary/aromatic N) is 2. The van der Waals surface area contributed by atoms with Gasteiger partial charge in [0, 0.05) is 25.7 Å². The van der Waals surface area contributed by atoms with Crippen molar-refractivity contribution in [2.24, 2.45) is 0 Å². The van der Waals surface area contributed by atoms with Gasteiger partial charge in [0.1, 0.15) is 0 Å². The maximum absolute atomic E-state index is 12.4. The van der Waals surface area contributed by atoms with Crippen molar-refractivity contribution < 1.29 is 14.7 Å². The van der Waals surface area contributed by atoms with Gasteiger partial charge in [-0.25, -0.2) is 4.79 Å². The number of amides is 2. The zero-order valence-corrected chi connectivity index (χ0v) is 11.4. The number of urea groups is 1. The van der Waals surface area contributed by atoms with E-state index in [0.29, 0.717) is 19.1 Å². The summed E-state index contributed by atoms with van der Waals surface area (Å²) < 4.78 is 0. The third kappa shape index (κ3) is 3.89.